The quantitative estimate of drug-likeness (QED) is 0.549. The van der Waals surface area contributed by atoms with Crippen LogP contribution >= 0.6 is 0 Å². The molecule has 0 aromatic heterocycles. The predicted octanol–water partition coefficient (Wildman–Crippen LogP) is 4.44. The van der Waals surface area contributed by atoms with E-state index in [4.69, 9.17) is 4.74 Å². The average Bonchev–Trinajstić information content (AvgIpc) is 2.82. The van der Waals surface area contributed by atoms with Gasteiger partial charge in [0.15, 0.2) is 11.5 Å². The molecule has 1 N–H and O–H groups in total. The number of ketones is 1. The van der Waals surface area contributed by atoms with Crippen molar-refractivity contribution >= 4 is 11.9 Å². The SMILES string of the molecule is O=C(/C=C\c1cccc(Oc2ccccc2)c1)c1ccccc(=O)c1O. The van der Waals surface area contributed by atoms with E-state index in [0.29, 0.717) is 5.75 Å². The van der Waals surface area contributed by atoms with Gasteiger partial charge < -0.3 is 9.84 Å². The highest BCUT2D eigenvalue weighted by Crippen LogP contribution is 2.22. The lowest BCUT2D eigenvalue weighted by atomic mass is 10.1. The van der Waals surface area contributed by atoms with Crippen LogP contribution in [0.3, 0.4) is 0 Å². The Morgan fingerprint density at radius 1 is 0.846 bits per heavy atom. The zero-order valence-corrected chi connectivity index (χ0v) is 13.8. The topological polar surface area (TPSA) is 63.6 Å². The number of benzene rings is 2. The lowest BCUT2D eigenvalue weighted by Gasteiger charge is -2.05. The number of carbonyl (C=O) groups excluding carboxylic acids is 1. The molecule has 4 heteroatoms. The number of ether oxygens (including phenoxy) is 1. The molecule has 0 spiro atoms. The van der Waals surface area contributed by atoms with Crippen LogP contribution in [0.5, 0.6) is 17.2 Å². The van der Waals surface area contributed by atoms with Crippen LogP contribution in [0.4, 0.5) is 0 Å². The summed E-state index contributed by atoms with van der Waals surface area (Å²) in [5.74, 6) is 0.354. The van der Waals surface area contributed by atoms with E-state index >= 15 is 0 Å². The van der Waals surface area contributed by atoms with Crippen molar-refractivity contribution in [2.24, 2.45) is 0 Å². The largest absolute Gasteiger partial charge is 0.504 e. The maximum atomic E-state index is 12.3. The fraction of sp³-hybridized carbons (Fsp3) is 0. The van der Waals surface area contributed by atoms with Crippen molar-refractivity contribution in [3.63, 3.8) is 0 Å². The van der Waals surface area contributed by atoms with Crippen molar-refractivity contribution < 1.29 is 14.6 Å². The summed E-state index contributed by atoms with van der Waals surface area (Å²) in [7, 11) is 0. The number of aromatic hydroxyl groups is 1. The number of rotatable bonds is 5. The molecule has 3 aromatic carbocycles. The molecule has 0 radical (unpaired) electrons. The Morgan fingerprint density at radius 3 is 2.35 bits per heavy atom. The molecule has 26 heavy (non-hydrogen) atoms. The zero-order valence-electron chi connectivity index (χ0n) is 13.8. The first-order chi connectivity index (χ1) is 12.6. The number of para-hydroxylation sites is 1. The third-order valence-corrected chi connectivity index (χ3v) is 3.64. The van der Waals surface area contributed by atoms with Gasteiger partial charge in [0.25, 0.3) is 0 Å². The number of hydrogen-bond acceptors (Lipinski definition) is 4. The van der Waals surface area contributed by atoms with Gasteiger partial charge in [-0.25, -0.2) is 0 Å². The molecule has 0 amide bonds. The minimum absolute atomic E-state index is 0.0343. The van der Waals surface area contributed by atoms with E-state index in [1.165, 1.54) is 30.3 Å². The van der Waals surface area contributed by atoms with Gasteiger partial charge in [0, 0.05) is 0 Å². The molecule has 0 fully saturated rings. The van der Waals surface area contributed by atoms with Gasteiger partial charge in [0.05, 0.1) is 5.56 Å². The lowest BCUT2D eigenvalue weighted by molar-refractivity contribution is 0.104. The summed E-state index contributed by atoms with van der Waals surface area (Å²) >= 11 is 0. The third kappa shape index (κ3) is 4.24. The normalized spacial score (nSPS) is 10.6. The van der Waals surface area contributed by atoms with Crippen LogP contribution in [-0.2, 0) is 0 Å². The van der Waals surface area contributed by atoms with Crippen molar-refractivity contribution in [1.82, 2.24) is 0 Å². The predicted molar refractivity (Wildman–Crippen MR) is 101 cm³/mol. The molecule has 0 saturated carbocycles. The van der Waals surface area contributed by atoms with Crippen LogP contribution in [0.15, 0.2) is 89.7 Å². The van der Waals surface area contributed by atoms with E-state index in [1.807, 2.05) is 48.5 Å². The van der Waals surface area contributed by atoms with E-state index in [2.05, 4.69) is 0 Å². The first kappa shape index (κ1) is 17.2. The minimum Gasteiger partial charge on any atom is -0.504 e. The van der Waals surface area contributed by atoms with Crippen LogP contribution < -0.4 is 10.2 Å². The van der Waals surface area contributed by atoms with Crippen molar-refractivity contribution in [1.29, 1.82) is 0 Å². The van der Waals surface area contributed by atoms with Crippen LogP contribution in [-0.4, -0.2) is 10.9 Å². The lowest BCUT2D eigenvalue weighted by Crippen LogP contribution is -2.01. The first-order valence-electron chi connectivity index (χ1n) is 8.01. The van der Waals surface area contributed by atoms with Crippen LogP contribution in [0.1, 0.15) is 15.9 Å². The van der Waals surface area contributed by atoms with Crippen molar-refractivity contribution in [3.8, 4) is 17.2 Å². The summed E-state index contributed by atoms with van der Waals surface area (Å²) in [4.78, 5) is 23.9. The Bertz CT molecular complexity index is 1010. The second kappa shape index (κ2) is 7.94. The minimum atomic E-state index is -0.593. The maximum Gasteiger partial charge on any atom is 0.220 e. The average molecular weight is 344 g/mol. The Balaban J connectivity index is 1.80. The Labute approximate surface area is 150 Å². The fourth-order valence-electron chi connectivity index (χ4n) is 2.35. The first-order valence-corrected chi connectivity index (χ1v) is 8.01. The molecule has 0 aliphatic heterocycles. The van der Waals surface area contributed by atoms with Crippen LogP contribution in [0, 0.1) is 0 Å². The Hall–Kier alpha value is -3.66. The molecule has 0 aliphatic carbocycles. The zero-order chi connectivity index (χ0) is 18.4. The maximum absolute atomic E-state index is 12.3. The highest BCUT2D eigenvalue weighted by molar-refractivity contribution is 6.08. The molecular formula is C22H16O4. The second-order valence-electron chi connectivity index (χ2n) is 5.53. The van der Waals surface area contributed by atoms with Gasteiger partial charge in [-0.15, -0.1) is 0 Å². The molecular weight excluding hydrogens is 328 g/mol. The number of carbonyl (C=O) groups is 1. The van der Waals surface area contributed by atoms with E-state index in [1.54, 1.807) is 12.1 Å². The van der Waals surface area contributed by atoms with Crippen molar-refractivity contribution in [3.05, 3.63) is 106 Å². The summed E-state index contributed by atoms with van der Waals surface area (Å²) in [6.45, 7) is 0. The summed E-state index contributed by atoms with van der Waals surface area (Å²) < 4.78 is 5.76. The fourth-order valence-corrected chi connectivity index (χ4v) is 2.35. The molecule has 0 heterocycles. The van der Waals surface area contributed by atoms with Gasteiger partial charge in [-0.3, -0.25) is 9.59 Å². The van der Waals surface area contributed by atoms with E-state index in [9.17, 15) is 14.7 Å². The smallest absolute Gasteiger partial charge is 0.220 e. The second-order valence-corrected chi connectivity index (χ2v) is 5.53. The van der Waals surface area contributed by atoms with Gasteiger partial charge in [-0.05, 0) is 48.0 Å². The molecule has 0 bridgehead atoms. The molecule has 0 aliphatic rings. The van der Waals surface area contributed by atoms with E-state index in [-0.39, 0.29) is 5.56 Å². The summed E-state index contributed by atoms with van der Waals surface area (Å²) in [5, 5.41) is 9.85. The monoisotopic (exact) mass is 344 g/mol. The molecule has 0 saturated heterocycles. The molecule has 0 atom stereocenters. The Morgan fingerprint density at radius 2 is 1.54 bits per heavy atom. The molecule has 0 unspecified atom stereocenters. The van der Waals surface area contributed by atoms with E-state index < -0.39 is 17.0 Å². The van der Waals surface area contributed by atoms with Gasteiger partial charge in [-0.2, -0.15) is 0 Å². The van der Waals surface area contributed by atoms with Crippen molar-refractivity contribution in [2.75, 3.05) is 0 Å². The van der Waals surface area contributed by atoms with Gasteiger partial charge >= 0.3 is 0 Å². The van der Waals surface area contributed by atoms with Crippen molar-refractivity contribution in [2.45, 2.75) is 0 Å². The van der Waals surface area contributed by atoms with Crippen LogP contribution in [0.25, 0.3) is 6.08 Å². The number of hydrogen-bond donors (Lipinski definition) is 1. The molecule has 3 rings (SSSR count). The third-order valence-electron chi connectivity index (χ3n) is 3.64. The van der Waals surface area contributed by atoms with Gasteiger partial charge in [-0.1, -0.05) is 48.5 Å². The standard InChI is InChI=1S/C22H16O4/c23-20(19-11-4-5-12-21(24)22(19)25)14-13-16-7-6-10-18(15-16)26-17-8-2-1-3-9-17/h1-15H,(H,24,25)/b14-13-. The molecule has 128 valence electrons. The molecule has 3 aromatic rings. The van der Waals surface area contributed by atoms with E-state index in [0.717, 1.165) is 11.3 Å². The Kier molecular flexibility index (Phi) is 5.25. The highest BCUT2D eigenvalue weighted by Gasteiger charge is 2.09. The molecule has 4 nitrogen and oxygen atoms in total. The number of allylic oxidation sites excluding steroid dienone is 1. The highest BCUT2D eigenvalue weighted by atomic mass is 16.5. The van der Waals surface area contributed by atoms with Gasteiger partial charge in [0.2, 0.25) is 5.43 Å². The summed E-state index contributed by atoms with van der Waals surface area (Å²) in [6, 6.07) is 22.3. The summed E-state index contributed by atoms with van der Waals surface area (Å²) in [6.07, 6.45) is 2.92. The van der Waals surface area contributed by atoms with Crippen LogP contribution in [0.2, 0.25) is 0 Å². The van der Waals surface area contributed by atoms with Gasteiger partial charge in [0.1, 0.15) is 11.5 Å². The summed E-state index contributed by atoms with van der Waals surface area (Å²) in [5.41, 5.74) is 0.131.